The molecule has 0 saturated carbocycles. The van der Waals surface area contributed by atoms with E-state index in [9.17, 15) is 18.3 Å². The predicted octanol–water partition coefficient (Wildman–Crippen LogP) is 2.17. The van der Waals surface area contributed by atoms with E-state index >= 15 is 0 Å². The van der Waals surface area contributed by atoms with E-state index in [1.54, 1.807) is 24.3 Å². The van der Waals surface area contributed by atoms with Crippen LogP contribution in [0.3, 0.4) is 0 Å². The number of piperidine rings is 1. The average Bonchev–Trinajstić information content (AvgIpc) is 3.03. The Hall–Kier alpha value is -2.22. The van der Waals surface area contributed by atoms with Gasteiger partial charge in [0.25, 0.3) is 0 Å². The van der Waals surface area contributed by atoms with E-state index in [-0.39, 0.29) is 16.7 Å². The van der Waals surface area contributed by atoms with E-state index in [1.165, 1.54) is 4.31 Å². The van der Waals surface area contributed by atoms with Crippen molar-refractivity contribution in [1.29, 1.82) is 0 Å². The van der Waals surface area contributed by atoms with Gasteiger partial charge in [-0.3, -0.25) is 4.79 Å². The molecule has 2 unspecified atom stereocenters. The van der Waals surface area contributed by atoms with Crippen LogP contribution in [0.4, 0.5) is 0 Å². The number of amides is 1. The molecule has 1 aliphatic carbocycles. The minimum Gasteiger partial charge on any atom is -0.390 e. The molecule has 0 bridgehead atoms. The summed E-state index contributed by atoms with van der Waals surface area (Å²) < 4.78 is 27.1. The summed E-state index contributed by atoms with van der Waals surface area (Å²) in [5.74, 6) is -0.363. The molecule has 0 spiro atoms. The lowest BCUT2D eigenvalue weighted by Gasteiger charge is -2.31. The van der Waals surface area contributed by atoms with Gasteiger partial charge in [0.2, 0.25) is 15.9 Å². The smallest absolute Gasteiger partial charge is 0.243 e. The third-order valence-corrected chi connectivity index (χ3v) is 7.90. The van der Waals surface area contributed by atoms with E-state index in [2.05, 4.69) is 5.32 Å². The van der Waals surface area contributed by atoms with Gasteiger partial charge in [0.05, 0.1) is 17.0 Å². The molecule has 1 fully saturated rings. The number of hydrogen-bond acceptors (Lipinski definition) is 4. The Morgan fingerprint density at radius 1 is 1.07 bits per heavy atom. The maximum absolute atomic E-state index is 12.8. The molecule has 1 heterocycles. The maximum Gasteiger partial charge on any atom is 0.243 e. The predicted molar refractivity (Wildman–Crippen MR) is 110 cm³/mol. The molecular formula is C22H26N2O4S. The highest BCUT2D eigenvalue weighted by Crippen LogP contribution is 2.32. The number of nitrogens with zero attached hydrogens (tertiary/aromatic N) is 1. The first kappa shape index (κ1) is 20.1. The number of carbonyl (C=O) groups is 1. The van der Waals surface area contributed by atoms with Crippen molar-refractivity contribution in [1.82, 2.24) is 9.62 Å². The molecule has 1 saturated heterocycles. The molecule has 1 aliphatic heterocycles. The minimum atomic E-state index is -3.54. The molecule has 2 aromatic carbocycles. The molecule has 2 aliphatic rings. The van der Waals surface area contributed by atoms with Crippen LogP contribution in [0.25, 0.3) is 0 Å². The summed E-state index contributed by atoms with van der Waals surface area (Å²) in [7, 11) is -3.54. The molecule has 2 atom stereocenters. The number of benzene rings is 2. The number of sulfonamides is 1. The fourth-order valence-corrected chi connectivity index (χ4v) is 5.71. The first-order chi connectivity index (χ1) is 13.9. The van der Waals surface area contributed by atoms with Crippen molar-refractivity contribution in [2.75, 3.05) is 13.1 Å². The minimum absolute atomic E-state index is 0.113. The Bertz CT molecular complexity index is 996. The maximum atomic E-state index is 12.8. The lowest BCUT2D eigenvalue weighted by Crippen LogP contribution is -2.44. The zero-order valence-corrected chi connectivity index (χ0v) is 17.2. The third-order valence-electron chi connectivity index (χ3n) is 5.99. The molecule has 154 valence electrons. The van der Waals surface area contributed by atoms with E-state index in [0.717, 1.165) is 16.7 Å². The van der Waals surface area contributed by atoms with Gasteiger partial charge < -0.3 is 10.4 Å². The molecular weight excluding hydrogens is 388 g/mol. The summed E-state index contributed by atoms with van der Waals surface area (Å²) in [6, 6.07) is 14.2. The van der Waals surface area contributed by atoms with Gasteiger partial charge in [-0.2, -0.15) is 4.31 Å². The first-order valence-electron chi connectivity index (χ1n) is 9.99. The summed E-state index contributed by atoms with van der Waals surface area (Å²) in [5, 5.41) is 13.3. The second-order valence-corrected chi connectivity index (χ2v) is 9.89. The van der Waals surface area contributed by atoms with Crippen LogP contribution in [-0.2, 0) is 21.2 Å². The molecule has 6 nitrogen and oxygen atoms in total. The van der Waals surface area contributed by atoms with Crippen LogP contribution in [0.1, 0.15) is 35.6 Å². The molecule has 0 radical (unpaired) electrons. The second kappa shape index (κ2) is 7.89. The molecule has 0 aromatic heterocycles. The van der Waals surface area contributed by atoms with Crippen molar-refractivity contribution in [2.24, 2.45) is 5.92 Å². The lowest BCUT2D eigenvalue weighted by molar-refractivity contribution is -0.127. The number of nitrogens with one attached hydrogen (secondary N) is 1. The monoisotopic (exact) mass is 414 g/mol. The van der Waals surface area contributed by atoms with E-state index in [0.29, 0.717) is 32.4 Å². The van der Waals surface area contributed by atoms with Crippen molar-refractivity contribution in [3.05, 3.63) is 65.2 Å². The lowest BCUT2D eigenvalue weighted by atomic mass is 9.96. The number of aliphatic hydroxyl groups is 1. The molecule has 4 rings (SSSR count). The highest BCUT2D eigenvalue weighted by Gasteiger charge is 2.36. The zero-order valence-electron chi connectivity index (χ0n) is 16.4. The van der Waals surface area contributed by atoms with Crippen LogP contribution >= 0.6 is 0 Å². The van der Waals surface area contributed by atoms with Crippen LogP contribution in [0, 0.1) is 12.8 Å². The molecule has 1 amide bonds. The number of fused-ring (bicyclic) bond motifs is 1. The molecule has 2 N–H and O–H groups in total. The summed E-state index contributed by atoms with van der Waals surface area (Å²) in [4.78, 5) is 13.1. The summed E-state index contributed by atoms with van der Waals surface area (Å²) in [5.41, 5.74) is 3.03. The molecule has 29 heavy (non-hydrogen) atoms. The van der Waals surface area contributed by atoms with Crippen molar-refractivity contribution in [3.63, 3.8) is 0 Å². The quantitative estimate of drug-likeness (QED) is 0.803. The Morgan fingerprint density at radius 2 is 1.72 bits per heavy atom. The highest BCUT2D eigenvalue weighted by atomic mass is 32.2. The van der Waals surface area contributed by atoms with Crippen molar-refractivity contribution < 1.29 is 18.3 Å². The van der Waals surface area contributed by atoms with E-state index in [1.807, 2.05) is 31.2 Å². The van der Waals surface area contributed by atoms with Crippen molar-refractivity contribution >= 4 is 15.9 Å². The zero-order chi connectivity index (χ0) is 20.6. The van der Waals surface area contributed by atoms with Crippen LogP contribution in [-0.4, -0.2) is 42.9 Å². The summed E-state index contributed by atoms with van der Waals surface area (Å²) >= 11 is 0. The van der Waals surface area contributed by atoms with Crippen LogP contribution < -0.4 is 5.32 Å². The van der Waals surface area contributed by atoms with Crippen molar-refractivity contribution in [3.8, 4) is 0 Å². The van der Waals surface area contributed by atoms with Gasteiger partial charge in [-0.15, -0.1) is 0 Å². The van der Waals surface area contributed by atoms with Gasteiger partial charge >= 0.3 is 0 Å². The molecule has 7 heteroatoms. The van der Waals surface area contributed by atoms with Crippen LogP contribution in [0.5, 0.6) is 0 Å². The van der Waals surface area contributed by atoms with Gasteiger partial charge in [0, 0.05) is 25.4 Å². The van der Waals surface area contributed by atoms with Gasteiger partial charge in [0.15, 0.2) is 0 Å². The van der Waals surface area contributed by atoms with Gasteiger partial charge in [-0.1, -0.05) is 42.0 Å². The van der Waals surface area contributed by atoms with E-state index < -0.39 is 22.2 Å². The molecule has 2 aromatic rings. The Balaban J connectivity index is 1.38. The number of carbonyl (C=O) groups excluding carboxylic acids is 1. The fraction of sp³-hybridized carbons (Fsp3) is 0.409. The fourth-order valence-electron chi connectivity index (χ4n) is 4.24. The standard InChI is InChI=1S/C22H26N2O4S/c1-15-6-8-18(9-7-15)29(27,28)24-12-10-16(11-13-24)22(26)23-21-19-5-3-2-4-17(19)14-20(21)25/h2-9,16,20-21,25H,10-14H2,1H3,(H,23,26). The average molecular weight is 415 g/mol. The second-order valence-electron chi connectivity index (χ2n) is 7.95. The largest absolute Gasteiger partial charge is 0.390 e. The Morgan fingerprint density at radius 3 is 2.41 bits per heavy atom. The van der Waals surface area contributed by atoms with Crippen LogP contribution in [0.15, 0.2) is 53.4 Å². The Kier molecular flexibility index (Phi) is 5.46. The number of hydrogen-bond donors (Lipinski definition) is 2. The van der Waals surface area contributed by atoms with Gasteiger partial charge in [-0.25, -0.2) is 8.42 Å². The third kappa shape index (κ3) is 3.95. The van der Waals surface area contributed by atoms with Crippen LogP contribution in [0.2, 0.25) is 0 Å². The van der Waals surface area contributed by atoms with Crippen molar-refractivity contribution in [2.45, 2.75) is 43.2 Å². The summed E-state index contributed by atoms with van der Waals surface area (Å²) in [6.07, 6.45) is 0.857. The Labute approximate surface area is 171 Å². The SMILES string of the molecule is Cc1ccc(S(=O)(=O)N2CCC(C(=O)NC3c4ccccc4CC3O)CC2)cc1. The normalized spacial score (nSPS) is 23.0. The number of aliphatic hydroxyl groups excluding tert-OH is 1. The van der Waals surface area contributed by atoms with Gasteiger partial charge in [-0.05, 0) is 43.0 Å². The number of rotatable bonds is 4. The summed E-state index contributed by atoms with van der Waals surface area (Å²) in [6.45, 7) is 2.55. The highest BCUT2D eigenvalue weighted by molar-refractivity contribution is 7.89. The number of aryl methyl sites for hydroxylation is 1. The first-order valence-corrected chi connectivity index (χ1v) is 11.4. The topological polar surface area (TPSA) is 86.7 Å². The van der Waals surface area contributed by atoms with Gasteiger partial charge in [0.1, 0.15) is 0 Å². The van der Waals surface area contributed by atoms with E-state index in [4.69, 9.17) is 0 Å².